The van der Waals surface area contributed by atoms with Gasteiger partial charge in [-0.2, -0.15) is 0 Å². The molecular weight excluding hydrogens is 641 g/mol. The summed E-state index contributed by atoms with van der Waals surface area (Å²) in [7, 11) is 0. The Morgan fingerprint density at radius 3 is 1.73 bits per heavy atom. The fourth-order valence-electron chi connectivity index (χ4n) is 7.99. The fraction of sp³-hybridized carbons (Fsp3) is 0. The van der Waals surface area contributed by atoms with Gasteiger partial charge in [0.2, 0.25) is 0 Å². The van der Waals surface area contributed by atoms with E-state index >= 15 is 0 Å². The van der Waals surface area contributed by atoms with E-state index < -0.39 is 0 Å². The van der Waals surface area contributed by atoms with E-state index in [-0.39, 0.29) is 0 Å². The number of thiophene rings is 1. The summed E-state index contributed by atoms with van der Waals surface area (Å²) in [4.78, 5) is 10.5. The first kappa shape index (κ1) is 28.3. The second-order valence-electron chi connectivity index (χ2n) is 13.0. The molecule has 238 valence electrons. The van der Waals surface area contributed by atoms with E-state index in [0.29, 0.717) is 5.82 Å². The maximum Gasteiger partial charge on any atom is 0.162 e. The molecule has 0 saturated heterocycles. The fourth-order valence-corrected chi connectivity index (χ4v) is 9.24. The lowest BCUT2D eigenvalue weighted by molar-refractivity contribution is 1.05. The van der Waals surface area contributed by atoms with Crippen LogP contribution in [0.1, 0.15) is 0 Å². The normalized spacial score (nSPS) is 11.9. The van der Waals surface area contributed by atoms with Gasteiger partial charge in [0, 0.05) is 59.9 Å². The van der Waals surface area contributed by atoms with Crippen LogP contribution in [0.15, 0.2) is 170 Å². The van der Waals surface area contributed by atoms with Crippen molar-refractivity contribution in [2.45, 2.75) is 0 Å². The maximum atomic E-state index is 5.39. The molecule has 0 atom stereocenters. The molecule has 0 radical (unpaired) electrons. The van der Waals surface area contributed by atoms with E-state index in [9.17, 15) is 0 Å². The molecule has 4 aromatic heterocycles. The average molecular weight is 669 g/mol. The Hall–Kier alpha value is -6.56. The SMILES string of the molecule is c1ccc(-c2cc(-n3c4ccccc4c4c3c3sc5ccccc5c3c3c5ccccc5n(-c5ccccc5)c34)nc(-c3ccccc3)n2)cc1. The quantitative estimate of drug-likeness (QED) is 0.187. The van der Waals surface area contributed by atoms with Gasteiger partial charge < -0.3 is 4.57 Å². The molecule has 11 aromatic rings. The van der Waals surface area contributed by atoms with E-state index in [2.05, 4.69) is 155 Å². The van der Waals surface area contributed by atoms with Gasteiger partial charge in [0.05, 0.1) is 32.5 Å². The number of hydrogen-bond acceptors (Lipinski definition) is 3. The highest BCUT2D eigenvalue weighted by Crippen LogP contribution is 2.51. The number of rotatable bonds is 4. The van der Waals surface area contributed by atoms with Crippen molar-refractivity contribution < 1.29 is 0 Å². The van der Waals surface area contributed by atoms with Crippen LogP contribution in [-0.4, -0.2) is 19.1 Å². The molecule has 5 heteroatoms. The maximum absolute atomic E-state index is 5.39. The van der Waals surface area contributed by atoms with Crippen molar-refractivity contribution >= 4 is 75.1 Å². The number of benzene rings is 7. The monoisotopic (exact) mass is 668 g/mol. The summed E-state index contributed by atoms with van der Waals surface area (Å²) in [5.41, 5.74) is 8.74. The van der Waals surface area contributed by atoms with E-state index in [0.717, 1.165) is 39.4 Å². The van der Waals surface area contributed by atoms with Crippen molar-refractivity contribution in [1.82, 2.24) is 19.1 Å². The molecular formula is C46H28N4S. The zero-order valence-electron chi connectivity index (χ0n) is 27.4. The summed E-state index contributed by atoms with van der Waals surface area (Å²) in [6.45, 7) is 0. The van der Waals surface area contributed by atoms with Crippen LogP contribution in [0.5, 0.6) is 0 Å². The molecule has 0 N–H and O–H groups in total. The highest BCUT2D eigenvalue weighted by Gasteiger charge is 2.27. The minimum atomic E-state index is 0.699. The Morgan fingerprint density at radius 2 is 1.00 bits per heavy atom. The van der Waals surface area contributed by atoms with Crippen molar-refractivity contribution in [1.29, 1.82) is 0 Å². The molecule has 11 rings (SSSR count). The van der Waals surface area contributed by atoms with Gasteiger partial charge in [0.1, 0.15) is 5.82 Å². The zero-order valence-corrected chi connectivity index (χ0v) is 28.2. The molecule has 0 unspecified atom stereocenters. The topological polar surface area (TPSA) is 35.6 Å². The number of hydrogen-bond donors (Lipinski definition) is 0. The molecule has 7 aromatic carbocycles. The predicted molar refractivity (Wildman–Crippen MR) is 214 cm³/mol. The van der Waals surface area contributed by atoms with Gasteiger partial charge in [-0.3, -0.25) is 4.57 Å². The molecule has 0 aliphatic heterocycles. The zero-order chi connectivity index (χ0) is 33.5. The van der Waals surface area contributed by atoms with E-state index in [1.165, 1.54) is 52.8 Å². The Morgan fingerprint density at radius 1 is 0.431 bits per heavy atom. The van der Waals surface area contributed by atoms with Crippen LogP contribution in [0, 0.1) is 0 Å². The highest BCUT2D eigenvalue weighted by molar-refractivity contribution is 7.27. The molecule has 0 amide bonds. The number of aromatic nitrogens is 4. The van der Waals surface area contributed by atoms with E-state index in [1.807, 2.05) is 35.6 Å². The van der Waals surface area contributed by atoms with Gasteiger partial charge in [-0.15, -0.1) is 11.3 Å². The highest BCUT2D eigenvalue weighted by atomic mass is 32.1. The Balaban J connectivity index is 1.40. The molecule has 0 saturated carbocycles. The Kier molecular flexibility index (Phi) is 6.09. The smallest absolute Gasteiger partial charge is 0.162 e. The van der Waals surface area contributed by atoms with Gasteiger partial charge in [0.25, 0.3) is 0 Å². The molecule has 4 heterocycles. The van der Waals surface area contributed by atoms with Crippen LogP contribution in [0.25, 0.3) is 97.9 Å². The minimum absolute atomic E-state index is 0.699. The van der Waals surface area contributed by atoms with Crippen LogP contribution in [0.3, 0.4) is 0 Å². The molecule has 0 bridgehead atoms. The third-order valence-corrected chi connectivity index (χ3v) is 11.3. The van der Waals surface area contributed by atoms with Gasteiger partial charge in [-0.05, 0) is 30.3 Å². The molecule has 4 nitrogen and oxygen atoms in total. The van der Waals surface area contributed by atoms with Crippen LogP contribution in [0.2, 0.25) is 0 Å². The lowest BCUT2D eigenvalue weighted by Gasteiger charge is -2.13. The molecule has 51 heavy (non-hydrogen) atoms. The lowest BCUT2D eigenvalue weighted by Crippen LogP contribution is -2.02. The van der Waals surface area contributed by atoms with E-state index in [4.69, 9.17) is 9.97 Å². The summed E-state index contributed by atoms with van der Waals surface area (Å²) >= 11 is 1.87. The molecule has 0 fully saturated rings. The van der Waals surface area contributed by atoms with Gasteiger partial charge in [-0.1, -0.05) is 133 Å². The summed E-state index contributed by atoms with van der Waals surface area (Å²) in [5.74, 6) is 1.54. The standard InChI is InChI=1S/C46H28N4S/c1-4-16-29(17-5-1)35-28-39(48-46(47-35)30-18-6-2-7-19-30)50-37-26-14-11-23-33(37)42-43-40(41-34-24-12-15-27-38(34)51-45(41)44(42)50)32-22-10-13-25-36(32)49(43)31-20-8-3-9-21-31/h1-28H. The van der Waals surface area contributed by atoms with Crippen molar-refractivity contribution in [3.8, 4) is 34.2 Å². The second kappa shape index (κ2) is 11.0. The second-order valence-corrected chi connectivity index (χ2v) is 14.0. The average Bonchev–Trinajstić information content (AvgIpc) is 3.87. The third kappa shape index (κ3) is 4.13. The minimum Gasteiger partial charge on any atom is -0.309 e. The van der Waals surface area contributed by atoms with Crippen molar-refractivity contribution in [2.75, 3.05) is 0 Å². The summed E-state index contributed by atoms with van der Waals surface area (Å²) in [6, 6.07) is 60.2. The van der Waals surface area contributed by atoms with Crippen LogP contribution >= 0.6 is 11.3 Å². The van der Waals surface area contributed by atoms with Crippen molar-refractivity contribution in [3.63, 3.8) is 0 Å². The third-order valence-electron chi connectivity index (χ3n) is 10.1. The first-order chi connectivity index (χ1) is 25.3. The molecule has 0 aliphatic rings. The summed E-state index contributed by atoms with van der Waals surface area (Å²) in [5, 5.41) is 7.51. The molecule has 0 spiro atoms. The van der Waals surface area contributed by atoms with E-state index in [1.54, 1.807) is 0 Å². The first-order valence-corrected chi connectivity index (χ1v) is 18.0. The summed E-state index contributed by atoms with van der Waals surface area (Å²) in [6.07, 6.45) is 0. The van der Waals surface area contributed by atoms with Crippen LogP contribution < -0.4 is 0 Å². The molecule has 0 aliphatic carbocycles. The Bertz CT molecular complexity index is 3060. The summed E-state index contributed by atoms with van der Waals surface area (Å²) < 4.78 is 7.40. The van der Waals surface area contributed by atoms with Gasteiger partial charge in [-0.25, -0.2) is 9.97 Å². The Labute approximate surface area is 297 Å². The van der Waals surface area contributed by atoms with Gasteiger partial charge in [0.15, 0.2) is 5.82 Å². The van der Waals surface area contributed by atoms with Gasteiger partial charge >= 0.3 is 0 Å². The number of nitrogens with zero attached hydrogens (tertiary/aromatic N) is 4. The lowest BCUT2D eigenvalue weighted by atomic mass is 10.0. The van der Waals surface area contributed by atoms with Crippen LogP contribution in [0.4, 0.5) is 0 Å². The van der Waals surface area contributed by atoms with Crippen LogP contribution in [-0.2, 0) is 0 Å². The number of fused-ring (bicyclic) bond motifs is 12. The first-order valence-electron chi connectivity index (χ1n) is 17.2. The largest absolute Gasteiger partial charge is 0.309 e. The van der Waals surface area contributed by atoms with Crippen molar-refractivity contribution in [3.05, 3.63) is 170 Å². The van der Waals surface area contributed by atoms with Crippen molar-refractivity contribution in [2.24, 2.45) is 0 Å². The predicted octanol–water partition coefficient (Wildman–Crippen LogP) is 12.4. The number of para-hydroxylation sites is 3.